The van der Waals surface area contributed by atoms with Crippen molar-refractivity contribution in [3.63, 3.8) is 0 Å². The highest BCUT2D eigenvalue weighted by molar-refractivity contribution is 6.06. The second-order valence-electron chi connectivity index (χ2n) is 5.41. The number of carbonyl (C=O) groups is 1. The minimum absolute atomic E-state index is 0.0876. The van der Waals surface area contributed by atoms with Gasteiger partial charge in [-0.1, -0.05) is 6.07 Å². The lowest BCUT2D eigenvalue weighted by atomic mass is 10.1. The minimum atomic E-state index is -4.74. The van der Waals surface area contributed by atoms with Crippen LogP contribution in [-0.4, -0.2) is 21.1 Å². The molecule has 0 radical (unpaired) electrons. The van der Waals surface area contributed by atoms with Gasteiger partial charge in [-0.15, -0.1) is 0 Å². The molecule has 6 nitrogen and oxygen atoms in total. The third kappa shape index (κ3) is 3.06. The summed E-state index contributed by atoms with van der Waals surface area (Å²) in [5, 5.41) is 21.4. The number of pyridine rings is 1. The summed E-state index contributed by atoms with van der Waals surface area (Å²) in [4.78, 5) is 27.4. The monoisotopic (exact) mass is 364 g/mol. The van der Waals surface area contributed by atoms with Crippen molar-refractivity contribution in [2.24, 2.45) is 0 Å². The van der Waals surface area contributed by atoms with Crippen LogP contribution >= 0.6 is 0 Å². The third-order valence-corrected chi connectivity index (χ3v) is 3.69. The van der Waals surface area contributed by atoms with E-state index in [-0.39, 0.29) is 22.4 Å². The van der Waals surface area contributed by atoms with E-state index in [4.69, 9.17) is 0 Å². The van der Waals surface area contributed by atoms with Gasteiger partial charge >= 0.3 is 6.18 Å². The fourth-order valence-electron chi connectivity index (χ4n) is 2.47. The quantitative estimate of drug-likeness (QED) is 0.561. The van der Waals surface area contributed by atoms with E-state index in [1.165, 1.54) is 18.2 Å². The normalized spacial score (nSPS) is 11.5. The molecule has 9 heteroatoms. The minimum Gasteiger partial charge on any atom is -0.507 e. The van der Waals surface area contributed by atoms with E-state index in [2.05, 4.69) is 10.3 Å². The Morgan fingerprint density at radius 1 is 1.08 bits per heavy atom. The molecule has 1 aromatic heterocycles. The van der Waals surface area contributed by atoms with Gasteiger partial charge in [0.05, 0.1) is 16.5 Å². The number of aromatic amines is 1. The Morgan fingerprint density at radius 2 is 1.81 bits per heavy atom. The van der Waals surface area contributed by atoms with E-state index in [0.717, 1.165) is 18.3 Å². The summed E-state index contributed by atoms with van der Waals surface area (Å²) in [7, 11) is 0. The van der Waals surface area contributed by atoms with Gasteiger partial charge in [-0.05, 0) is 24.3 Å². The van der Waals surface area contributed by atoms with Gasteiger partial charge in [0.2, 0.25) is 5.43 Å². The average molecular weight is 364 g/mol. The van der Waals surface area contributed by atoms with E-state index >= 15 is 0 Å². The predicted molar refractivity (Wildman–Crippen MR) is 87.3 cm³/mol. The molecular weight excluding hydrogens is 353 g/mol. The zero-order valence-electron chi connectivity index (χ0n) is 12.9. The number of nitrogens with one attached hydrogen (secondary N) is 2. The van der Waals surface area contributed by atoms with Crippen molar-refractivity contribution in [3.05, 3.63) is 63.9 Å². The molecule has 1 amide bonds. The van der Waals surface area contributed by atoms with Gasteiger partial charge < -0.3 is 20.5 Å². The van der Waals surface area contributed by atoms with Crippen molar-refractivity contribution in [3.8, 4) is 11.5 Å². The van der Waals surface area contributed by atoms with E-state index < -0.39 is 28.8 Å². The molecule has 0 saturated heterocycles. The number of H-pyrrole nitrogens is 1. The topological polar surface area (TPSA) is 102 Å². The van der Waals surface area contributed by atoms with Gasteiger partial charge in [0.15, 0.2) is 0 Å². The number of anilines is 1. The van der Waals surface area contributed by atoms with Crippen LogP contribution < -0.4 is 10.7 Å². The number of alkyl halides is 3. The third-order valence-electron chi connectivity index (χ3n) is 3.69. The zero-order chi connectivity index (χ0) is 19.1. The molecule has 2 aromatic carbocycles. The van der Waals surface area contributed by atoms with Crippen LogP contribution in [0.3, 0.4) is 0 Å². The molecule has 0 fully saturated rings. The molecule has 0 bridgehead atoms. The summed E-state index contributed by atoms with van der Waals surface area (Å²) in [6, 6.07) is 6.62. The molecule has 26 heavy (non-hydrogen) atoms. The first kappa shape index (κ1) is 17.3. The highest BCUT2D eigenvalue weighted by atomic mass is 19.4. The summed E-state index contributed by atoms with van der Waals surface area (Å²) < 4.78 is 37.9. The van der Waals surface area contributed by atoms with Crippen LogP contribution in [0.5, 0.6) is 11.5 Å². The Bertz CT molecular complexity index is 1070. The SMILES string of the molecule is O=C(Nc1ccc(C(F)(F)F)c(O)c1)c1c[nH]c2cccc(O)c2c1=O. The summed E-state index contributed by atoms with van der Waals surface area (Å²) in [5.74, 6) is -2.28. The molecule has 1 heterocycles. The molecule has 0 spiro atoms. The fraction of sp³-hybridized carbons (Fsp3) is 0.0588. The number of aromatic hydroxyl groups is 2. The van der Waals surface area contributed by atoms with Crippen molar-refractivity contribution in [2.45, 2.75) is 6.18 Å². The standard InChI is InChI=1S/C17H11F3N2O4/c18-17(19,20)10-5-4-8(6-13(10)24)22-16(26)9-7-21-11-2-1-3-12(23)14(11)15(9)25/h1-7,23-24H,(H,21,25)(H,22,26). The first-order chi connectivity index (χ1) is 12.2. The number of hydrogen-bond acceptors (Lipinski definition) is 4. The number of halogens is 3. The smallest absolute Gasteiger partial charge is 0.419 e. The van der Waals surface area contributed by atoms with Crippen molar-refractivity contribution < 1.29 is 28.2 Å². The Kier molecular flexibility index (Phi) is 4.07. The summed E-state index contributed by atoms with van der Waals surface area (Å²) in [6.07, 6.45) is -3.61. The number of fused-ring (bicyclic) bond motifs is 1. The van der Waals surface area contributed by atoms with Crippen molar-refractivity contribution >= 4 is 22.5 Å². The van der Waals surface area contributed by atoms with E-state index in [1.54, 1.807) is 0 Å². The second-order valence-corrected chi connectivity index (χ2v) is 5.41. The van der Waals surface area contributed by atoms with Crippen LogP contribution in [0.2, 0.25) is 0 Å². The number of aromatic nitrogens is 1. The number of benzene rings is 2. The first-order valence-electron chi connectivity index (χ1n) is 7.23. The van der Waals surface area contributed by atoms with Gasteiger partial charge in [-0.3, -0.25) is 9.59 Å². The molecule has 0 saturated carbocycles. The van der Waals surface area contributed by atoms with E-state index in [0.29, 0.717) is 11.6 Å². The molecule has 134 valence electrons. The molecule has 0 aliphatic rings. The van der Waals surface area contributed by atoms with Gasteiger partial charge in [-0.2, -0.15) is 13.2 Å². The number of amides is 1. The summed E-state index contributed by atoms with van der Waals surface area (Å²) in [5.41, 5.74) is -2.15. The van der Waals surface area contributed by atoms with Gasteiger partial charge in [0.25, 0.3) is 5.91 Å². The number of hydrogen-bond donors (Lipinski definition) is 4. The number of carbonyl (C=O) groups excluding carboxylic acids is 1. The molecule has 0 aliphatic carbocycles. The van der Waals surface area contributed by atoms with Crippen LogP contribution in [0.1, 0.15) is 15.9 Å². The lowest BCUT2D eigenvalue weighted by molar-refractivity contribution is -0.138. The molecule has 4 N–H and O–H groups in total. The maximum absolute atomic E-state index is 12.6. The molecule has 3 aromatic rings. The van der Waals surface area contributed by atoms with Gasteiger partial charge in [0, 0.05) is 18.0 Å². The van der Waals surface area contributed by atoms with Crippen LogP contribution in [0.4, 0.5) is 18.9 Å². The Morgan fingerprint density at radius 3 is 2.46 bits per heavy atom. The average Bonchev–Trinajstić information content (AvgIpc) is 2.53. The zero-order valence-corrected chi connectivity index (χ0v) is 12.9. The lowest BCUT2D eigenvalue weighted by Gasteiger charge is -2.11. The van der Waals surface area contributed by atoms with Crippen molar-refractivity contribution in [1.82, 2.24) is 4.98 Å². The molecular formula is C17H11F3N2O4. The Balaban J connectivity index is 1.95. The van der Waals surface area contributed by atoms with Crippen LogP contribution in [0.25, 0.3) is 10.9 Å². The Labute approximate surface area is 143 Å². The predicted octanol–water partition coefficient (Wildman–Crippen LogP) is 3.21. The van der Waals surface area contributed by atoms with E-state index in [1.807, 2.05) is 0 Å². The highest BCUT2D eigenvalue weighted by Gasteiger charge is 2.33. The number of phenolic OH excluding ortho intramolecular Hbond substituents is 2. The molecule has 3 rings (SSSR count). The fourth-order valence-corrected chi connectivity index (χ4v) is 2.47. The van der Waals surface area contributed by atoms with Crippen molar-refractivity contribution in [2.75, 3.05) is 5.32 Å². The van der Waals surface area contributed by atoms with Crippen LogP contribution in [0, 0.1) is 0 Å². The maximum Gasteiger partial charge on any atom is 0.419 e. The number of phenols is 2. The van der Waals surface area contributed by atoms with E-state index in [9.17, 15) is 33.0 Å². The molecule has 0 unspecified atom stereocenters. The van der Waals surface area contributed by atoms with Gasteiger partial charge in [-0.25, -0.2) is 0 Å². The van der Waals surface area contributed by atoms with Gasteiger partial charge in [0.1, 0.15) is 17.1 Å². The van der Waals surface area contributed by atoms with Crippen LogP contribution in [-0.2, 0) is 6.18 Å². The Hall–Kier alpha value is -3.49. The van der Waals surface area contributed by atoms with Crippen LogP contribution in [0.15, 0.2) is 47.4 Å². The highest BCUT2D eigenvalue weighted by Crippen LogP contribution is 2.36. The summed E-state index contributed by atoms with van der Waals surface area (Å²) >= 11 is 0. The van der Waals surface area contributed by atoms with Crippen molar-refractivity contribution in [1.29, 1.82) is 0 Å². The first-order valence-corrected chi connectivity index (χ1v) is 7.23. The summed E-state index contributed by atoms with van der Waals surface area (Å²) in [6.45, 7) is 0. The largest absolute Gasteiger partial charge is 0.507 e. The second kappa shape index (κ2) is 6.10. The lowest BCUT2D eigenvalue weighted by Crippen LogP contribution is -2.22. The number of rotatable bonds is 2. The maximum atomic E-state index is 12.6. The molecule has 0 aliphatic heterocycles. The molecule has 0 atom stereocenters.